The normalized spacial score (nSPS) is 10.5. The number of halogens is 1. The first kappa shape index (κ1) is 14.0. The fraction of sp³-hybridized carbons (Fsp3) is 0.600. The van der Waals surface area contributed by atoms with Crippen molar-refractivity contribution >= 4 is 23.2 Å². The van der Waals surface area contributed by atoms with Gasteiger partial charge in [-0.15, -0.1) is 0 Å². The van der Waals surface area contributed by atoms with Crippen molar-refractivity contribution in [3.63, 3.8) is 0 Å². The van der Waals surface area contributed by atoms with Crippen LogP contribution in [-0.2, 0) is 9.47 Å². The minimum Gasteiger partial charge on any atom is -0.382 e. The SMILES string of the molecule is COCCOCCCNc1ncnc(N)c1Cl. The first-order valence-electron chi connectivity index (χ1n) is 5.32. The Morgan fingerprint density at radius 1 is 1.35 bits per heavy atom. The number of hydrogen-bond donors (Lipinski definition) is 2. The Labute approximate surface area is 105 Å². The second-order valence-corrected chi connectivity index (χ2v) is 3.68. The molecule has 7 heteroatoms. The lowest BCUT2D eigenvalue weighted by atomic mass is 10.4. The van der Waals surface area contributed by atoms with E-state index < -0.39 is 0 Å². The molecule has 0 saturated heterocycles. The van der Waals surface area contributed by atoms with Crippen molar-refractivity contribution in [2.75, 3.05) is 44.5 Å². The summed E-state index contributed by atoms with van der Waals surface area (Å²) in [6.45, 7) is 2.59. The average molecular weight is 261 g/mol. The Morgan fingerprint density at radius 2 is 2.18 bits per heavy atom. The zero-order valence-corrected chi connectivity index (χ0v) is 10.5. The Hall–Kier alpha value is -1.11. The van der Waals surface area contributed by atoms with E-state index in [1.54, 1.807) is 7.11 Å². The predicted octanol–water partition coefficient (Wildman–Crippen LogP) is 1.18. The second-order valence-electron chi connectivity index (χ2n) is 3.31. The summed E-state index contributed by atoms with van der Waals surface area (Å²) < 4.78 is 10.2. The minimum atomic E-state index is 0.278. The maximum atomic E-state index is 5.91. The lowest BCUT2D eigenvalue weighted by Crippen LogP contribution is -2.10. The van der Waals surface area contributed by atoms with Crippen LogP contribution in [0, 0.1) is 0 Å². The summed E-state index contributed by atoms with van der Waals surface area (Å²) in [5.74, 6) is 0.830. The summed E-state index contributed by atoms with van der Waals surface area (Å²) in [5, 5.41) is 3.42. The molecule has 1 heterocycles. The molecule has 0 saturated carbocycles. The fourth-order valence-electron chi connectivity index (χ4n) is 1.13. The predicted molar refractivity (Wildman–Crippen MR) is 67.3 cm³/mol. The number of aromatic nitrogens is 2. The number of anilines is 2. The van der Waals surface area contributed by atoms with Gasteiger partial charge < -0.3 is 20.5 Å². The average Bonchev–Trinajstić information content (AvgIpc) is 2.33. The summed E-state index contributed by atoms with van der Waals surface area (Å²) in [6.07, 6.45) is 2.22. The van der Waals surface area contributed by atoms with Crippen LogP contribution in [-0.4, -0.2) is 43.4 Å². The fourth-order valence-corrected chi connectivity index (χ4v) is 1.30. The number of nitrogens with one attached hydrogen (secondary N) is 1. The summed E-state index contributed by atoms with van der Waals surface area (Å²) in [4.78, 5) is 7.77. The van der Waals surface area contributed by atoms with E-state index in [2.05, 4.69) is 15.3 Å². The highest BCUT2D eigenvalue weighted by molar-refractivity contribution is 6.35. The summed E-state index contributed by atoms with van der Waals surface area (Å²) in [7, 11) is 1.65. The quantitative estimate of drug-likeness (QED) is 0.683. The van der Waals surface area contributed by atoms with Gasteiger partial charge >= 0.3 is 0 Å². The van der Waals surface area contributed by atoms with Gasteiger partial charge in [-0.05, 0) is 6.42 Å². The van der Waals surface area contributed by atoms with Gasteiger partial charge in [0.1, 0.15) is 23.0 Å². The number of methoxy groups -OCH3 is 1. The van der Waals surface area contributed by atoms with Crippen LogP contribution in [0.2, 0.25) is 5.02 Å². The van der Waals surface area contributed by atoms with Crippen LogP contribution < -0.4 is 11.1 Å². The standard InChI is InChI=1S/C10H17ClN4O2/c1-16-5-6-17-4-2-3-13-10-8(11)9(12)14-7-15-10/h7H,2-6H2,1H3,(H3,12,13,14,15). The Bertz CT molecular complexity index is 338. The van der Waals surface area contributed by atoms with Crippen molar-refractivity contribution in [2.24, 2.45) is 0 Å². The van der Waals surface area contributed by atoms with Gasteiger partial charge in [0.2, 0.25) is 0 Å². The Morgan fingerprint density at radius 3 is 2.94 bits per heavy atom. The smallest absolute Gasteiger partial charge is 0.150 e. The van der Waals surface area contributed by atoms with Crippen molar-refractivity contribution in [2.45, 2.75) is 6.42 Å². The van der Waals surface area contributed by atoms with E-state index in [0.29, 0.717) is 37.2 Å². The number of rotatable bonds is 8. The molecule has 0 spiro atoms. The molecule has 0 radical (unpaired) electrons. The molecule has 0 aliphatic carbocycles. The van der Waals surface area contributed by atoms with E-state index in [1.807, 2.05) is 0 Å². The van der Waals surface area contributed by atoms with Gasteiger partial charge in [0, 0.05) is 20.3 Å². The van der Waals surface area contributed by atoms with Crippen molar-refractivity contribution in [3.05, 3.63) is 11.3 Å². The lowest BCUT2D eigenvalue weighted by molar-refractivity contribution is 0.0705. The first-order chi connectivity index (χ1) is 8.25. The molecule has 1 aromatic rings. The third kappa shape index (κ3) is 5.16. The highest BCUT2D eigenvalue weighted by Gasteiger charge is 2.04. The maximum Gasteiger partial charge on any atom is 0.150 e. The largest absolute Gasteiger partial charge is 0.382 e. The maximum absolute atomic E-state index is 5.91. The van der Waals surface area contributed by atoms with Crippen LogP contribution in [0.4, 0.5) is 11.6 Å². The van der Waals surface area contributed by atoms with E-state index in [1.165, 1.54) is 6.33 Å². The monoisotopic (exact) mass is 260 g/mol. The Kier molecular flexibility index (Phi) is 6.61. The van der Waals surface area contributed by atoms with Crippen LogP contribution in [0.15, 0.2) is 6.33 Å². The summed E-state index contributed by atoms with van der Waals surface area (Å²) >= 11 is 5.91. The topological polar surface area (TPSA) is 82.3 Å². The molecule has 1 aromatic heterocycles. The van der Waals surface area contributed by atoms with Crippen molar-refractivity contribution in [1.29, 1.82) is 0 Å². The molecule has 0 bridgehead atoms. The van der Waals surface area contributed by atoms with Gasteiger partial charge in [-0.25, -0.2) is 9.97 Å². The third-order valence-electron chi connectivity index (χ3n) is 2.01. The number of nitrogens with zero attached hydrogens (tertiary/aromatic N) is 2. The Balaban J connectivity index is 2.16. The molecule has 0 unspecified atom stereocenters. The van der Waals surface area contributed by atoms with Crippen LogP contribution in [0.1, 0.15) is 6.42 Å². The van der Waals surface area contributed by atoms with Gasteiger partial charge in [-0.2, -0.15) is 0 Å². The molecule has 0 fully saturated rings. The van der Waals surface area contributed by atoms with Gasteiger partial charge in [-0.1, -0.05) is 11.6 Å². The zero-order chi connectivity index (χ0) is 12.5. The van der Waals surface area contributed by atoms with E-state index in [0.717, 1.165) is 6.42 Å². The van der Waals surface area contributed by atoms with Crippen LogP contribution in [0.25, 0.3) is 0 Å². The minimum absolute atomic E-state index is 0.278. The molecular formula is C10H17ClN4O2. The molecular weight excluding hydrogens is 244 g/mol. The third-order valence-corrected chi connectivity index (χ3v) is 2.38. The number of ether oxygens (including phenoxy) is 2. The van der Waals surface area contributed by atoms with E-state index in [9.17, 15) is 0 Å². The van der Waals surface area contributed by atoms with E-state index in [-0.39, 0.29) is 5.82 Å². The molecule has 0 atom stereocenters. The summed E-state index contributed by atoms with van der Waals surface area (Å²) in [6, 6.07) is 0. The van der Waals surface area contributed by atoms with Crippen molar-refractivity contribution < 1.29 is 9.47 Å². The molecule has 17 heavy (non-hydrogen) atoms. The molecule has 96 valence electrons. The number of nitrogens with two attached hydrogens (primary N) is 1. The number of nitrogen functional groups attached to an aromatic ring is 1. The van der Waals surface area contributed by atoms with Crippen molar-refractivity contribution in [1.82, 2.24) is 9.97 Å². The van der Waals surface area contributed by atoms with Gasteiger partial charge in [-0.3, -0.25) is 0 Å². The molecule has 1 rings (SSSR count). The van der Waals surface area contributed by atoms with Gasteiger partial charge in [0.15, 0.2) is 0 Å². The van der Waals surface area contributed by atoms with Crippen LogP contribution in [0.3, 0.4) is 0 Å². The van der Waals surface area contributed by atoms with Crippen LogP contribution in [0.5, 0.6) is 0 Å². The molecule has 0 aromatic carbocycles. The second kappa shape index (κ2) is 8.05. The van der Waals surface area contributed by atoms with Crippen LogP contribution >= 0.6 is 11.6 Å². The molecule has 0 aliphatic heterocycles. The number of hydrogen-bond acceptors (Lipinski definition) is 6. The molecule has 0 amide bonds. The van der Waals surface area contributed by atoms with Crippen molar-refractivity contribution in [3.8, 4) is 0 Å². The highest BCUT2D eigenvalue weighted by Crippen LogP contribution is 2.22. The molecule has 3 N–H and O–H groups in total. The van der Waals surface area contributed by atoms with Gasteiger partial charge in [0.25, 0.3) is 0 Å². The highest BCUT2D eigenvalue weighted by atomic mass is 35.5. The first-order valence-corrected chi connectivity index (χ1v) is 5.70. The van der Waals surface area contributed by atoms with E-state index >= 15 is 0 Å². The molecule has 6 nitrogen and oxygen atoms in total. The van der Waals surface area contributed by atoms with Gasteiger partial charge in [0.05, 0.1) is 13.2 Å². The molecule has 0 aliphatic rings. The van der Waals surface area contributed by atoms with E-state index in [4.69, 9.17) is 26.8 Å². The zero-order valence-electron chi connectivity index (χ0n) is 9.78. The lowest BCUT2D eigenvalue weighted by Gasteiger charge is -2.08. The summed E-state index contributed by atoms with van der Waals surface area (Å²) in [5.41, 5.74) is 5.54.